The standard InChI is InChI=1S/C13H18FN3O/c1-9-4-6-17(7-5-9)16-13(18)10-2-3-12(15)11(14)8-10/h2-3,8-9H,4-7,15H2,1H3,(H,16,18). The van der Waals surface area contributed by atoms with Crippen LogP contribution in [0.5, 0.6) is 0 Å². The quantitative estimate of drug-likeness (QED) is 0.788. The summed E-state index contributed by atoms with van der Waals surface area (Å²) in [5, 5.41) is 1.89. The SMILES string of the molecule is CC1CCN(NC(=O)c2ccc(N)c(F)c2)CC1. The minimum absolute atomic E-state index is 0.0540. The molecule has 0 atom stereocenters. The molecular formula is C13H18FN3O. The van der Waals surface area contributed by atoms with Crippen molar-refractivity contribution in [3.63, 3.8) is 0 Å². The van der Waals surface area contributed by atoms with Crippen molar-refractivity contribution in [3.05, 3.63) is 29.6 Å². The van der Waals surface area contributed by atoms with Crippen molar-refractivity contribution in [3.8, 4) is 0 Å². The van der Waals surface area contributed by atoms with Gasteiger partial charge in [0, 0.05) is 18.7 Å². The van der Waals surface area contributed by atoms with E-state index in [9.17, 15) is 9.18 Å². The van der Waals surface area contributed by atoms with E-state index in [1.165, 1.54) is 12.1 Å². The predicted octanol–water partition coefficient (Wildman–Crippen LogP) is 1.78. The number of hydrogen-bond acceptors (Lipinski definition) is 3. The Morgan fingerprint density at radius 2 is 2.11 bits per heavy atom. The van der Waals surface area contributed by atoms with Gasteiger partial charge in [0.25, 0.3) is 5.91 Å². The summed E-state index contributed by atoms with van der Waals surface area (Å²) < 4.78 is 13.3. The molecule has 1 aliphatic rings. The Bertz CT molecular complexity index is 442. The fourth-order valence-corrected chi connectivity index (χ4v) is 2.00. The van der Waals surface area contributed by atoms with Crippen LogP contribution in [0.1, 0.15) is 30.1 Å². The third-order valence-electron chi connectivity index (χ3n) is 3.31. The Kier molecular flexibility index (Phi) is 3.81. The maximum absolute atomic E-state index is 13.3. The zero-order valence-corrected chi connectivity index (χ0v) is 10.4. The van der Waals surface area contributed by atoms with Gasteiger partial charge in [0.1, 0.15) is 5.82 Å². The first kappa shape index (κ1) is 12.8. The fourth-order valence-electron chi connectivity index (χ4n) is 2.00. The summed E-state index contributed by atoms with van der Waals surface area (Å²) in [5.41, 5.74) is 8.51. The van der Waals surface area contributed by atoms with Crippen LogP contribution < -0.4 is 11.2 Å². The van der Waals surface area contributed by atoms with E-state index in [4.69, 9.17) is 5.73 Å². The van der Waals surface area contributed by atoms with Crippen LogP contribution in [0.25, 0.3) is 0 Å². The van der Waals surface area contributed by atoms with Crippen molar-refractivity contribution in [2.24, 2.45) is 5.92 Å². The van der Waals surface area contributed by atoms with Crippen molar-refractivity contribution >= 4 is 11.6 Å². The average Bonchev–Trinajstić information content (AvgIpc) is 2.35. The Labute approximate surface area is 106 Å². The number of nitrogen functional groups attached to an aromatic ring is 1. The van der Waals surface area contributed by atoms with Crippen LogP contribution in [-0.4, -0.2) is 24.0 Å². The van der Waals surface area contributed by atoms with Gasteiger partial charge in [0.05, 0.1) is 5.69 Å². The maximum atomic E-state index is 13.3. The Balaban J connectivity index is 1.97. The maximum Gasteiger partial charge on any atom is 0.265 e. The van der Waals surface area contributed by atoms with E-state index >= 15 is 0 Å². The molecule has 1 fully saturated rings. The molecule has 1 heterocycles. The normalized spacial score (nSPS) is 17.7. The number of carbonyl (C=O) groups is 1. The lowest BCUT2D eigenvalue weighted by molar-refractivity contribution is 0.0711. The number of hydrogen-bond donors (Lipinski definition) is 2. The van der Waals surface area contributed by atoms with Crippen LogP contribution in [0.3, 0.4) is 0 Å². The minimum atomic E-state index is -0.560. The van der Waals surface area contributed by atoms with Gasteiger partial charge in [-0.2, -0.15) is 0 Å². The van der Waals surface area contributed by atoms with E-state index in [0.717, 1.165) is 32.0 Å². The zero-order valence-electron chi connectivity index (χ0n) is 10.4. The molecule has 2 rings (SSSR count). The molecule has 18 heavy (non-hydrogen) atoms. The number of nitrogens with two attached hydrogens (primary N) is 1. The molecule has 1 aromatic carbocycles. The van der Waals surface area contributed by atoms with E-state index in [0.29, 0.717) is 11.5 Å². The monoisotopic (exact) mass is 251 g/mol. The van der Waals surface area contributed by atoms with E-state index < -0.39 is 5.82 Å². The first-order chi connectivity index (χ1) is 8.56. The molecule has 0 unspecified atom stereocenters. The second-order valence-electron chi connectivity index (χ2n) is 4.85. The summed E-state index contributed by atoms with van der Waals surface area (Å²) in [4.78, 5) is 11.9. The lowest BCUT2D eigenvalue weighted by atomic mass is 10.0. The lowest BCUT2D eigenvalue weighted by Crippen LogP contribution is -2.46. The van der Waals surface area contributed by atoms with Gasteiger partial charge < -0.3 is 5.73 Å². The number of nitrogens with zero attached hydrogens (tertiary/aromatic N) is 1. The molecule has 1 amide bonds. The van der Waals surface area contributed by atoms with Crippen LogP contribution >= 0.6 is 0 Å². The number of benzene rings is 1. The van der Waals surface area contributed by atoms with Gasteiger partial charge in [0.2, 0.25) is 0 Å². The summed E-state index contributed by atoms with van der Waals surface area (Å²) >= 11 is 0. The molecule has 1 aromatic rings. The highest BCUT2D eigenvalue weighted by Gasteiger charge is 2.18. The summed E-state index contributed by atoms with van der Waals surface area (Å²) in [5.74, 6) is -0.148. The van der Waals surface area contributed by atoms with Crippen molar-refractivity contribution in [2.75, 3.05) is 18.8 Å². The third kappa shape index (κ3) is 2.98. The van der Waals surface area contributed by atoms with Gasteiger partial charge in [-0.1, -0.05) is 6.92 Å². The number of carbonyl (C=O) groups excluding carboxylic acids is 1. The average molecular weight is 251 g/mol. The van der Waals surface area contributed by atoms with E-state index in [2.05, 4.69) is 12.3 Å². The molecule has 0 aromatic heterocycles. The van der Waals surface area contributed by atoms with Crippen molar-refractivity contribution in [1.82, 2.24) is 10.4 Å². The smallest absolute Gasteiger partial charge is 0.265 e. The van der Waals surface area contributed by atoms with E-state index in [-0.39, 0.29) is 11.6 Å². The second kappa shape index (κ2) is 5.35. The number of nitrogens with one attached hydrogen (secondary N) is 1. The van der Waals surface area contributed by atoms with E-state index in [1.54, 1.807) is 0 Å². The van der Waals surface area contributed by atoms with Gasteiger partial charge in [-0.3, -0.25) is 10.2 Å². The van der Waals surface area contributed by atoms with Crippen LogP contribution in [0.4, 0.5) is 10.1 Å². The summed E-state index contributed by atoms with van der Waals surface area (Å²) in [6, 6.07) is 4.10. The van der Waals surface area contributed by atoms with Crippen LogP contribution in [0, 0.1) is 11.7 Å². The summed E-state index contributed by atoms with van der Waals surface area (Å²) in [6.45, 7) is 3.88. The second-order valence-corrected chi connectivity index (χ2v) is 4.85. The highest BCUT2D eigenvalue weighted by molar-refractivity contribution is 5.94. The van der Waals surface area contributed by atoms with Gasteiger partial charge in [-0.25, -0.2) is 9.40 Å². The fraction of sp³-hybridized carbons (Fsp3) is 0.462. The predicted molar refractivity (Wildman–Crippen MR) is 68.2 cm³/mol. The van der Waals surface area contributed by atoms with Crippen LogP contribution in [0.2, 0.25) is 0 Å². The van der Waals surface area contributed by atoms with Crippen molar-refractivity contribution < 1.29 is 9.18 Å². The Morgan fingerprint density at radius 3 is 2.72 bits per heavy atom. The molecule has 0 spiro atoms. The minimum Gasteiger partial charge on any atom is -0.396 e. The van der Waals surface area contributed by atoms with E-state index in [1.807, 2.05) is 5.01 Å². The Morgan fingerprint density at radius 1 is 1.44 bits per heavy atom. The number of rotatable bonds is 2. The molecule has 0 radical (unpaired) electrons. The molecular weight excluding hydrogens is 233 g/mol. The largest absolute Gasteiger partial charge is 0.396 e. The Hall–Kier alpha value is -1.62. The third-order valence-corrected chi connectivity index (χ3v) is 3.31. The lowest BCUT2D eigenvalue weighted by Gasteiger charge is -2.30. The highest BCUT2D eigenvalue weighted by atomic mass is 19.1. The highest BCUT2D eigenvalue weighted by Crippen LogP contribution is 2.15. The number of anilines is 1. The summed E-state index contributed by atoms with van der Waals surface area (Å²) in [7, 11) is 0. The molecule has 0 saturated carbocycles. The molecule has 1 aliphatic heterocycles. The first-order valence-corrected chi connectivity index (χ1v) is 6.17. The molecule has 0 bridgehead atoms. The van der Waals surface area contributed by atoms with Crippen molar-refractivity contribution in [1.29, 1.82) is 0 Å². The molecule has 4 nitrogen and oxygen atoms in total. The van der Waals surface area contributed by atoms with Gasteiger partial charge in [0.15, 0.2) is 0 Å². The number of halogens is 1. The number of hydrazine groups is 1. The van der Waals surface area contributed by atoms with Gasteiger partial charge >= 0.3 is 0 Å². The molecule has 98 valence electrons. The number of piperidine rings is 1. The molecule has 3 N–H and O–H groups in total. The number of amides is 1. The molecule has 1 saturated heterocycles. The topological polar surface area (TPSA) is 58.4 Å². The first-order valence-electron chi connectivity index (χ1n) is 6.17. The van der Waals surface area contributed by atoms with Crippen molar-refractivity contribution in [2.45, 2.75) is 19.8 Å². The van der Waals surface area contributed by atoms with Crippen LogP contribution in [0.15, 0.2) is 18.2 Å². The summed E-state index contributed by atoms with van der Waals surface area (Å²) in [6.07, 6.45) is 2.13. The molecule has 0 aliphatic carbocycles. The van der Waals surface area contributed by atoms with Gasteiger partial charge in [-0.15, -0.1) is 0 Å². The zero-order chi connectivity index (χ0) is 13.1. The van der Waals surface area contributed by atoms with Crippen LogP contribution in [-0.2, 0) is 0 Å². The van der Waals surface area contributed by atoms with Gasteiger partial charge in [-0.05, 0) is 37.0 Å². The molecule has 5 heteroatoms.